The van der Waals surface area contributed by atoms with Crippen molar-refractivity contribution in [3.05, 3.63) is 96.1 Å². The van der Waals surface area contributed by atoms with Gasteiger partial charge in [-0.15, -0.1) is 9.60 Å². The quantitative estimate of drug-likeness (QED) is 0.459. The van der Waals surface area contributed by atoms with E-state index in [0.29, 0.717) is 5.56 Å². The SMILES string of the molecule is C[C@@H]1CCc2ccccc2[N+]1(C(=O)c1ccccc1)N(C(=O)C(C)(C)C)c1ccccc1. The molecule has 4 rings (SSSR count). The van der Waals surface area contributed by atoms with E-state index in [-0.39, 0.29) is 22.4 Å². The van der Waals surface area contributed by atoms with Gasteiger partial charge in [0.05, 0.1) is 11.3 Å². The molecule has 164 valence electrons. The molecule has 3 aromatic rings. The Kier molecular flexibility index (Phi) is 5.74. The third kappa shape index (κ3) is 3.55. The van der Waals surface area contributed by atoms with Crippen molar-refractivity contribution in [1.82, 2.24) is 4.59 Å². The summed E-state index contributed by atoms with van der Waals surface area (Å²) in [5, 5.41) is 1.75. The number of para-hydroxylation sites is 2. The standard InChI is InChI=1S/C28H31N2O2/c1-21-19-20-22-13-11-12-18-25(22)30(21,26(31)23-14-7-5-8-15-23)29(27(32)28(2,3)4)24-16-9-6-10-17-24/h5-18,21H,19-20H2,1-4H3/q+1/t21-,30?/m1/s1. The molecule has 1 heterocycles. The van der Waals surface area contributed by atoms with Gasteiger partial charge in [-0.1, -0.05) is 75.4 Å². The van der Waals surface area contributed by atoms with Gasteiger partial charge < -0.3 is 0 Å². The lowest BCUT2D eigenvalue weighted by Gasteiger charge is -2.50. The second kappa shape index (κ2) is 8.36. The summed E-state index contributed by atoms with van der Waals surface area (Å²) in [7, 11) is 0. The van der Waals surface area contributed by atoms with E-state index < -0.39 is 5.41 Å². The number of anilines is 1. The Morgan fingerprint density at radius 3 is 2.03 bits per heavy atom. The van der Waals surface area contributed by atoms with Gasteiger partial charge in [-0.25, -0.2) is 4.79 Å². The molecule has 0 N–H and O–H groups in total. The maximum Gasteiger partial charge on any atom is 0.376 e. The number of hydrogen-bond donors (Lipinski definition) is 0. The lowest BCUT2D eigenvalue weighted by molar-refractivity contribution is -0.128. The first-order valence-corrected chi connectivity index (χ1v) is 11.2. The van der Waals surface area contributed by atoms with Crippen molar-refractivity contribution in [2.45, 2.75) is 46.6 Å². The topological polar surface area (TPSA) is 37.4 Å². The van der Waals surface area contributed by atoms with Crippen molar-refractivity contribution >= 4 is 23.2 Å². The molecule has 2 atom stereocenters. The third-order valence-corrected chi connectivity index (χ3v) is 6.31. The number of carbonyl (C=O) groups excluding carboxylic acids is 2. The van der Waals surface area contributed by atoms with Crippen LogP contribution in [0.25, 0.3) is 0 Å². The van der Waals surface area contributed by atoms with Crippen LogP contribution in [0.15, 0.2) is 84.9 Å². The van der Waals surface area contributed by atoms with Crippen LogP contribution in [0.1, 0.15) is 50.0 Å². The zero-order valence-electron chi connectivity index (χ0n) is 19.3. The molecule has 0 bridgehead atoms. The number of fused-ring (bicyclic) bond motifs is 1. The van der Waals surface area contributed by atoms with Gasteiger partial charge in [-0.05, 0) is 37.6 Å². The van der Waals surface area contributed by atoms with Crippen molar-refractivity contribution in [2.75, 3.05) is 5.01 Å². The van der Waals surface area contributed by atoms with Crippen LogP contribution in [0.3, 0.4) is 0 Å². The van der Waals surface area contributed by atoms with Gasteiger partial charge in [0.1, 0.15) is 6.04 Å². The highest BCUT2D eigenvalue weighted by atomic mass is 16.2. The molecular formula is C28H31N2O2+. The van der Waals surface area contributed by atoms with Gasteiger partial charge in [0, 0.05) is 23.5 Å². The predicted octanol–water partition coefficient (Wildman–Crippen LogP) is 6.16. The molecule has 4 heteroatoms. The molecule has 1 unspecified atom stereocenters. The molecule has 32 heavy (non-hydrogen) atoms. The van der Waals surface area contributed by atoms with E-state index in [0.717, 1.165) is 29.8 Å². The lowest BCUT2D eigenvalue weighted by Crippen LogP contribution is -2.74. The van der Waals surface area contributed by atoms with E-state index in [1.54, 1.807) is 5.01 Å². The van der Waals surface area contributed by atoms with E-state index in [9.17, 15) is 9.59 Å². The Labute approximate surface area is 190 Å². The molecule has 4 nitrogen and oxygen atoms in total. The van der Waals surface area contributed by atoms with Crippen LogP contribution in [0.4, 0.5) is 11.4 Å². The molecule has 0 fully saturated rings. The third-order valence-electron chi connectivity index (χ3n) is 6.31. The summed E-state index contributed by atoms with van der Waals surface area (Å²) in [4.78, 5) is 28.6. The minimum absolute atomic E-state index is 0.0865. The normalized spacial score (nSPS) is 20.3. The van der Waals surface area contributed by atoms with Gasteiger partial charge in [0.15, 0.2) is 5.69 Å². The van der Waals surface area contributed by atoms with E-state index in [4.69, 9.17) is 0 Å². The molecule has 3 aromatic carbocycles. The number of quaternary nitrogens is 1. The first-order valence-electron chi connectivity index (χ1n) is 11.2. The fraction of sp³-hybridized carbons (Fsp3) is 0.286. The highest BCUT2D eigenvalue weighted by molar-refractivity contribution is 6.11. The van der Waals surface area contributed by atoms with Crippen LogP contribution in [-0.2, 0) is 11.2 Å². The first kappa shape index (κ1) is 22.0. The highest BCUT2D eigenvalue weighted by Crippen LogP contribution is 2.44. The molecule has 0 spiro atoms. The minimum atomic E-state index is -0.676. The first-order chi connectivity index (χ1) is 15.3. The number of hydrogen-bond acceptors (Lipinski definition) is 2. The van der Waals surface area contributed by atoms with Crippen molar-refractivity contribution in [1.29, 1.82) is 0 Å². The van der Waals surface area contributed by atoms with Gasteiger partial charge in [-0.3, -0.25) is 4.79 Å². The van der Waals surface area contributed by atoms with Crippen molar-refractivity contribution in [3.8, 4) is 0 Å². The average molecular weight is 428 g/mol. The predicted molar refractivity (Wildman–Crippen MR) is 130 cm³/mol. The van der Waals surface area contributed by atoms with Crippen LogP contribution in [0, 0.1) is 5.41 Å². The maximum absolute atomic E-state index is 14.5. The van der Waals surface area contributed by atoms with Crippen LogP contribution >= 0.6 is 0 Å². The van der Waals surface area contributed by atoms with Crippen molar-refractivity contribution in [2.24, 2.45) is 5.41 Å². The summed E-state index contributed by atoms with van der Waals surface area (Å²) in [6.45, 7) is 7.82. The summed E-state index contributed by atoms with van der Waals surface area (Å²) in [6, 6.07) is 26.9. The number of aryl methyl sites for hydroxylation is 1. The molecule has 1 aliphatic heterocycles. The Morgan fingerprint density at radius 2 is 1.41 bits per heavy atom. The summed E-state index contributed by atoms with van der Waals surface area (Å²) in [6.07, 6.45) is 1.68. The van der Waals surface area contributed by atoms with Crippen LogP contribution in [0.5, 0.6) is 0 Å². The molecule has 0 aromatic heterocycles. The lowest BCUT2D eigenvalue weighted by atomic mass is 9.91. The number of rotatable bonds is 2. The van der Waals surface area contributed by atoms with Crippen LogP contribution < -0.4 is 9.60 Å². The molecule has 1 aliphatic rings. The largest absolute Gasteiger partial charge is 0.376 e. The van der Waals surface area contributed by atoms with Gasteiger partial charge >= 0.3 is 5.91 Å². The molecule has 0 saturated carbocycles. The van der Waals surface area contributed by atoms with Gasteiger partial charge in [0.2, 0.25) is 0 Å². The van der Waals surface area contributed by atoms with Crippen molar-refractivity contribution in [3.63, 3.8) is 0 Å². The Bertz CT molecular complexity index is 1120. The average Bonchev–Trinajstić information content (AvgIpc) is 2.81. The number of benzene rings is 3. The van der Waals surface area contributed by atoms with Gasteiger partial charge in [0.25, 0.3) is 5.91 Å². The Morgan fingerprint density at radius 1 is 0.844 bits per heavy atom. The Hall–Kier alpha value is -3.24. The van der Waals surface area contributed by atoms with Crippen LogP contribution in [-0.4, -0.2) is 17.9 Å². The molecule has 0 radical (unpaired) electrons. The smallest absolute Gasteiger partial charge is 0.269 e. The number of amides is 2. The van der Waals surface area contributed by atoms with E-state index in [2.05, 4.69) is 13.0 Å². The highest BCUT2D eigenvalue weighted by Gasteiger charge is 2.57. The van der Waals surface area contributed by atoms with E-state index in [1.807, 2.05) is 99.6 Å². The molecule has 0 aliphatic carbocycles. The molecule has 2 amide bonds. The van der Waals surface area contributed by atoms with Crippen molar-refractivity contribution < 1.29 is 9.59 Å². The second-order valence-electron chi connectivity index (χ2n) is 9.58. The van der Waals surface area contributed by atoms with Crippen LogP contribution in [0.2, 0.25) is 0 Å². The fourth-order valence-electron chi connectivity index (χ4n) is 4.66. The van der Waals surface area contributed by atoms with E-state index >= 15 is 0 Å². The number of carbonyl (C=O) groups is 2. The molecular weight excluding hydrogens is 396 g/mol. The summed E-state index contributed by atoms with van der Waals surface area (Å²) < 4.78 is -0.166. The maximum atomic E-state index is 14.5. The Balaban J connectivity index is 2.09. The summed E-state index contributed by atoms with van der Waals surface area (Å²) in [5.74, 6) is -0.178. The van der Waals surface area contributed by atoms with E-state index in [1.165, 1.54) is 0 Å². The minimum Gasteiger partial charge on any atom is -0.269 e. The summed E-state index contributed by atoms with van der Waals surface area (Å²) in [5.41, 5.74) is 2.63. The zero-order valence-corrected chi connectivity index (χ0v) is 19.3. The second-order valence-corrected chi connectivity index (χ2v) is 9.58. The monoisotopic (exact) mass is 427 g/mol. The molecule has 0 saturated heterocycles. The summed E-state index contributed by atoms with van der Waals surface area (Å²) >= 11 is 0. The van der Waals surface area contributed by atoms with Gasteiger partial charge in [-0.2, -0.15) is 0 Å². The number of nitrogens with zero attached hydrogens (tertiary/aromatic N) is 2. The zero-order chi connectivity index (χ0) is 22.9. The fourth-order valence-corrected chi connectivity index (χ4v) is 4.66.